The van der Waals surface area contributed by atoms with Gasteiger partial charge in [0.2, 0.25) is 7.37 Å². The number of ether oxygens (including phenoxy) is 3. The van der Waals surface area contributed by atoms with Crippen LogP contribution >= 0.6 is 7.37 Å². The Labute approximate surface area is 173 Å². The van der Waals surface area contributed by atoms with E-state index in [0.29, 0.717) is 5.56 Å². The second-order valence-corrected chi connectivity index (χ2v) is 9.32. The van der Waals surface area contributed by atoms with E-state index in [-0.39, 0.29) is 25.2 Å². The first-order chi connectivity index (χ1) is 14.3. The quantitative estimate of drug-likeness (QED) is 0.487. The number of hydrogen-bond acceptors (Lipinski definition) is 9. The first-order valence-corrected chi connectivity index (χ1v) is 11.6. The average molecular weight is 437 g/mol. The van der Waals surface area contributed by atoms with E-state index in [1.54, 1.807) is 37.3 Å². The summed E-state index contributed by atoms with van der Waals surface area (Å²) in [6.07, 6.45) is -1.31. The van der Waals surface area contributed by atoms with E-state index in [9.17, 15) is 14.2 Å². The maximum atomic E-state index is 12.5. The van der Waals surface area contributed by atoms with Gasteiger partial charge in [-0.2, -0.15) is 4.98 Å². The largest absolute Gasteiger partial charge is 0.454 e. The summed E-state index contributed by atoms with van der Waals surface area (Å²) in [5.41, 5.74) is 5.25. The SMILES string of the molecule is CCOP(C)(=O)CO[C@@H]1CC(OC(=O)c2ccccc2)[C@H](n2ccc(N)nc2=O)O1. The van der Waals surface area contributed by atoms with Gasteiger partial charge in [-0.25, -0.2) is 9.59 Å². The van der Waals surface area contributed by atoms with Crippen LogP contribution in [0.4, 0.5) is 5.82 Å². The van der Waals surface area contributed by atoms with Crippen LogP contribution in [0, 0.1) is 0 Å². The minimum Gasteiger partial charge on any atom is -0.454 e. The molecule has 1 saturated heterocycles. The Hall–Kier alpha value is -2.52. The Morgan fingerprint density at radius 1 is 1.33 bits per heavy atom. The van der Waals surface area contributed by atoms with Crippen molar-refractivity contribution >= 4 is 19.2 Å². The fourth-order valence-electron chi connectivity index (χ4n) is 2.99. The van der Waals surface area contributed by atoms with Crippen LogP contribution in [0.2, 0.25) is 0 Å². The van der Waals surface area contributed by atoms with Crippen molar-refractivity contribution in [3.05, 3.63) is 58.6 Å². The summed E-state index contributed by atoms with van der Waals surface area (Å²) in [4.78, 5) is 28.5. The normalized spacial score (nSPS) is 23.1. The Balaban J connectivity index is 1.78. The molecule has 0 saturated carbocycles. The highest BCUT2D eigenvalue weighted by atomic mass is 31.2. The molecule has 30 heavy (non-hydrogen) atoms. The minimum absolute atomic E-state index is 0.0588. The van der Waals surface area contributed by atoms with Gasteiger partial charge < -0.3 is 24.5 Å². The summed E-state index contributed by atoms with van der Waals surface area (Å²) >= 11 is 0. The highest BCUT2D eigenvalue weighted by Gasteiger charge is 2.41. The molecule has 2 heterocycles. The Kier molecular flexibility index (Phi) is 7.04. The van der Waals surface area contributed by atoms with Gasteiger partial charge in [0.15, 0.2) is 18.6 Å². The Bertz CT molecular complexity index is 982. The monoisotopic (exact) mass is 437 g/mol. The van der Waals surface area contributed by atoms with E-state index < -0.39 is 37.6 Å². The second-order valence-electron chi connectivity index (χ2n) is 6.77. The summed E-state index contributed by atoms with van der Waals surface area (Å²) in [6.45, 7) is 3.48. The van der Waals surface area contributed by atoms with Crippen LogP contribution < -0.4 is 11.4 Å². The highest BCUT2D eigenvalue weighted by Crippen LogP contribution is 2.43. The number of carbonyl (C=O) groups excluding carboxylic acids is 1. The van der Waals surface area contributed by atoms with Gasteiger partial charge in [-0.15, -0.1) is 0 Å². The van der Waals surface area contributed by atoms with Crippen molar-refractivity contribution in [3.8, 4) is 0 Å². The summed E-state index contributed by atoms with van der Waals surface area (Å²) in [5.74, 6) is -0.509. The van der Waals surface area contributed by atoms with Crippen molar-refractivity contribution in [3.63, 3.8) is 0 Å². The number of benzene rings is 1. The minimum atomic E-state index is -2.96. The van der Waals surface area contributed by atoms with Crippen molar-refractivity contribution in [1.82, 2.24) is 9.55 Å². The summed E-state index contributed by atoms with van der Waals surface area (Å²) in [5, 5.41) is 0. The fraction of sp³-hybridized carbons (Fsp3) is 0.421. The number of aromatic nitrogens is 2. The second kappa shape index (κ2) is 9.53. The molecule has 0 spiro atoms. The molecule has 3 rings (SSSR count). The van der Waals surface area contributed by atoms with E-state index in [0.717, 1.165) is 0 Å². The van der Waals surface area contributed by atoms with E-state index in [2.05, 4.69) is 4.98 Å². The standard InChI is InChI=1S/C19H24N3O7P/c1-3-27-30(2,25)12-26-16-11-14(28-18(23)13-7-5-4-6-8-13)17(29-16)22-10-9-15(20)21-19(22)24/h4-10,14,16-17H,3,11-12H2,1-2H3,(H2,20,21,24)/t14?,16-,17+,30?/m0/s1. The molecule has 2 N–H and O–H groups in total. The topological polar surface area (TPSA) is 132 Å². The lowest BCUT2D eigenvalue weighted by atomic mass is 10.2. The number of nitrogen functional groups attached to an aromatic ring is 1. The van der Waals surface area contributed by atoms with Crippen LogP contribution in [-0.4, -0.2) is 47.5 Å². The predicted octanol–water partition coefficient (Wildman–Crippen LogP) is 2.21. The third kappa shape index (κ3) is 5.54. The number of carbonyl (C=O) groups is 1. The van der Waals surface area contributed by atoms with E-state index in [1.165, 1.54) is 23.5 Å². The summed E-state index contributed by atoms with van der Waals surface area (Å²) in [6, 6.07) is 9.88. The van der Waals surface area contributed by atoms with Crippen molar-refractivity contribution < 1.29 is 28.1 Å². The lowest BCUT2D eigenvalue weighted by Crippen LogP contribution is -2.34. The maximum Gasteiger partial charge on any atom is 0.351 e. The number of nitrogens with two attached hydrogens (primary N) is 1. The van der Waals surface area contributed by atoms with Gasteiger partial charge >= 0.3 is 11.7 Å². The van der Waals surface area contributed by atoms with Gasteiger partial charge in [0.25, 0.3) is 0 Å². The van der Waals surface area contributed by atoms with Crippen molar-refractivity contribution in [2.45, 2.75) is 32.0 Å². The van der Waals surface area contributed by atoms with E-state index >= 15 is 0 Å². The Morgan fingerprint density at radius 2 is 2.07 bits per heavy atom. The van der Waals surface area contributed by atoms with E-state index in [1.807, 2.05) is 0 Å². The smallest absolute Gasteiger partial charge is 0.351 e. The number of nitrogens with zero attached hydrogens (tertiary/aromatic N) is 2. The lowest BCUT2D eigenvalue weighted by molar-refractivity contribution is -0.147. The van der Waals surface area contributed by atoms with Crippen molar-refractivity contribution in [1.29, 1.82) is 0 Å². The molecule has 1 aromatic heterocycles. The summed E-state index contributed by atoms with van der Waals surface area (Å²) in [7, 11) is -2.96. The van der Waals surface area contributed by atoms with Crippen LogP contribution in [0.5, 0.6) is 0 Å². The molecule has 0 radical (unpaired) electrons. The molecule has 1 aliphatic heterocycles. The zero-order chi connectivity index (χ0) is 21.7. The van der Waals surface area contributed by atoms with Crippen LogP contribution in [0.15, 0.2) is 47.4 Å². The molecule has 10 nitrogen and oxygen atoms in total. The third-order valence-electron chi connectivity index (χ3n) is 4.32. The van der Waals surface area contributed by atoms with Gasteiger partial charge in [-0.1, -0.05) is 18.2 Å². The summed E-state index contributed by atoms with van der Waals surface area (Å²) < 4.78 is 35.6. The number of hydrogen-bond donors (Lipinski definition) is 1. The van der Waals surface area contributed by atoms with Gasteiger partial charge in [0.05, 0.1) is 12.2 Å². The highest BCUT2D eigenvalue weighted by molar-refractivity contribution is 7.57. The molecule has 1 fully saturated rings. The van der Waals surface area contributed by atoms with Crippen LogP contribution in [-0.2, 0) is 23.3 Å². The molecular weight excluding hydrogens is 413 g/mol. The van der Waals surface area contributed by atoms with Crippen LogP contribution in [0.1, 0.15) is 29.9 Å². The molecule has 2 aromatic rings. The third-order valence-corrected chi connectivity index (χ3v) is 5.75. The molecule has 1 aliphatic rings. The van der Waals surface area contributed by atoms with Crippen molar-refractivity contribution in [2.24, 2.45) is 0 Å². The Morgan fingerprint density at radius 3 is 2.73 bits per heavy atom. The van der Waals surface area contributed by atoms with Crippen LogP contribution in [0.3, 0.4) is 0 Å². The number of rotatable bonds is 8. The zero-order valence-electron chi connectivity index (χ0n) is 16.7. The molecule has 162 valence electrons. The first-order valence-electron chi connectivity index (χ1n) is 9.38. The zero-order valence-corrected chi connectivity index (χ0v) is 17.6. The molecular formula is C19H24N3O7P. The number of anilines is 1. The fourth-order valence-corrected chi connectivity index (χ4v) is 4.05. The lowest BCUT2D eigenvalue weighted by Gasteiger charge is -2.20. The van der Waals surface area contributed by atoms with Gasteiger partial charge in [-0.3, -0.25) is 9.13 Å². The molecule has 0 bridgehead atoms. The molecule has 0 amide bonds. The average Bonchev–Trinajstić information content (AvgIpc) is 3.09. The molecule has 2 unspecified atom stereocenters. The van der Waals surface area contributed by atoms with Gasteiger partial charge in [0.1, 0.15) is 12.2 Å². The first kappa shape index (κ1) is 22.2. The molecule has 11 heteroatoms. The number of esters is 1. The molecule has 0 aliphatic carbocycles. The van der Waals surface area contributed by atoms with Crippen LogP contribution in [0.25, 0.3) is 0 Å². The molecule has 1 aromatic carbocycles. The van der Waals surface area contributed by atoms with E-state index in [4.69, 9.17) is 24.5 Å². The van der Waals surface area contributed by atoms with Crippen molar-refractivity contribution in [2.75, 3.05) is 25.4 Å². The van der Waals surface area contributed by atoms with Gasteiger partial charge in [0, 0.05) is 19.3 Å². The molecule has 4 atom stereocenters. The maximum absolute atomic E-state index is 12.5. The predicted molar refractivity (Wildman–Crippen MR) is 108 cm³/mol. The van der Waals surface area contributed by atoms with Gasteiger partial charge in [-0.05, 0) is 25.1 Å².